The normalized spacial score (nSPS) is 22.1. The second kappa shape index (κ2) is 6.69. The Morgan fingerprint density at radius 3 is 2.45 bits per heavy atom. The van der Waals surface area contributed by atoms with Crippen LogP contribution in [-0.4, -0.2) is 30.2 Å². The maximum Gasteiger partial charge on any atom is 0.398 e. The molecule has 0 bridgehead atoms. The fraction of sp³-hybridized carbons (Fsp3) is 0.400. The zero-order chi connectivity index (χ0) is 21.0. The van der Waals surface area contributed by atoms with E-state index in [-0.39, 0.29) is 29.7 Å². The molecular formula is C20H19F4N3O2. The third-order valence-electron chi connectivity index (χ3n) is 5.74. The van der Waals surface area contributed by atoms with Crippen molar-refractivity contribution >= 4 is 5.91 Å². The first-order valence-corrected chi connectivity index (χ1v) is 9.19. The molecule has 5 nitrogen and oxygen atoms in total. The molecular weight excluding hydrogens is 390 g/mol. The third kappa shape index (κ3) is 3.13. The van der Waals surface area contributed by atoms with Gasteiger partial charge in [-0.25, -0.2) is 9.37 Å². The first-order chi connectivity index (χ1) is 13.7. The monoisotopic (exact) mass is 409 g/mol. The number of aromatic nitrogens is 1. The number of alkyl halides is 3. The zero-order valence-electron chi connectivity index (χ0n) is 15.3. The van der Waals surface area contributed by atoms with Gasteiger partial charge in [-0.05, 0) is 49.1 Å². The topological polar surface area (TPSA) is 91.2 Å². The maximum atomic E-state index is 13.6. The predicted octanol–water partition coefficient (Wildman–Crippen LogP) is 3.02. The van der Waals surface area contributed by atoms with Crippen molar-refractivity contribution in [1.29, 1.82) is 0 Å². The highest BCUT2D eigenvalue weighted by molar-refractivity contribution is 5.91. The Hall–Kier alpha value is -2.68. The van der Waals surface area contributed by atoms with E-state index in [2.05, 4.69) is 4.98 Å². The first-order valence-electron chi connectivity index (χ1n) is 9.19. The molecule has 1 aromatic carbocycles. The molecule has 2 aliphatic rings. The smallest absolute Gasteiger partial charge is 0.398 e. The van der Waals surface area contributed by atoms with Crippen molar-refractivity contribution in [2.75, 3.05) is 13.2 Å². The Labute approximate surface area is 164 Å². The molecule has 1 fully saturated rings. The van der Waals surface area contributed by atoms with Crippen LogP contribution < -0.4 is 16.2 Å². The minimum absolute atomic E-state index is 0.0546. The number of fused-ring (bicyclic) bond motifs is 1. The molecule has 0 spiro atoms. The summed E-state index contributed by atoms with van der Waals surface area (Å²) in [6.07, 6.45) is -3.16. The van der Waals surface area contributed by atoms with Crippen molar-refractivity contribution in [3.63, 3.8) is 0 Å². The van der Waals surface area contributed by atoms with Crippen LogP contribution in [-0.2, 0) is 10.2 Å². The van der Waals surface area contributed by atoms with E-state index in [0.717, 1.165) is 12.8 Å². The lowest BCUT2D eigenvalue weighted by Crippen LogP contribution is -2.44. The number of halogens is 4. The molecule has 0 radical (unpaired) electrons. The van der Waals surface area contributed by atoms with Crippen molar-refractivity contribution in [1.82, 2.24) is 4.98 Å². The fourth-order valence-electron chi connectivity index (χ4n) is 4.02. The molecule has 154 valence electrons. The highest BCUT2D eigenvalue weighted by atomic mass is 19.4. The lowest BCUT2D eigenvalue weighted by molar-refractivity contribution is -0.148. The first kappa shape index (κ1) is 19.6. The lowest BCUT2D eigenvalue weighted by Gasteiger charge is -2.25. The average molecular weight is 409 g/mol. The minimum atomic E-state index is -4.62. The molecule has 0 saturated heterocycles. The van der Waals surface area contributed by atoms with Gasteiger partial charge in [0.2, 0.25) is 5.91 Å². The molecule has 1 aromatic heterocycles. The average Bonchev–Trinajstić information content (AvgIpc) is 3.42. The van der Waals surface area contributed by atoms with Gasteiger partial charge in [0.1, 0.15) is 35.2 Å². The number of carbonyl (C=O) groups is 1. The van der Waals surface area contributed by atoms with E-state index in [1.165, 1.54) is 30.3 Å². The number of rotatable bonds is 5. The number of amides is 1. The minimum Gasteiger partial charge on any atom is -0.489 e. The molecule has 1 saturated carbocycles. The SMILES string of the molecule is NCC(c1cc2c(c(-c3ccc(F)cc3)n1)OCC2(C(N)=O)C1CC1)C(F)(F)F. The van der Waals surface area contributed by atoms with Crippen molar-refractivity contribution in [3.05, 3.63) is 47.4 Å². The van der Waals surface area contributed by atoms with E-state index in [0.29, 0.717) is 11.1 Å². The number of ether oxygens (including phenoxy) is 1. The molecule has 2 unspecified atom stereocenters. The zero-order valence-corrected chi connectivity index (χ0v) is 15.3. The van der Waals surface area contributed by atoms with Crippen molar-refractivity contribution in [3.8, 4) is 17.0 Å². The highest BCUT2D eigenvalue weighted by Crippen LogP contribution is 2.55. The quantitative estimate of drug-likeness (QED) is 0.743. The van der Waals surface area contributed by atoms with Gasteiger partial charge in [0.25, 0.3) is 0 Å². The van der Waals surface area contributed by atoms with Crippen LogP contribution in [0.15, 0.2) is 30.3 Å². The van der Waals surface area contributed by atoms with Gasteiger partial charge in [-0.1, -0.05) is 0 Å². The summed E-state index contributed by atoms with van der Waals surface area (Å²) in [4.78, 5) is 16.6. The summed E-state index contributed by atoms with van der Waals surface area (Å²) in [6.45, 7) is -0.757. The number of nitrogens with zero attached hydrogens (tertiary/aromatic N) is 1. The Kier molecular flexibility index (Phi) is 4.53. The number of hydrogen-bond donors (Lipinski definition) is 2. The Morgan fingerprint density at radius 1 is 1.28 bits per heavy atom. The van der Waals surface area contributed by atoms with Crippen molar-refractivity contribution in [2.45, 2.75) is 30.4 Å². The molecule has 4 N–H and O–H groups in total. The number of carbonyl (C=O) groups excluding carboxylic acids is 1. The van der Waals surface area contributed by atoms with Crippen molar-refractivity contribution in [2.24, 2.45) is 17.4 Å². The molecule has 2 heterocycles. The third-order valence-corrected chi connectivity index (χ3v) is 5.74. The van der Waals surface area contributed by atoms with Gasteiger partial charge in [-0.2, -0.15) is 13.2 Å². The van der Waals surface area contributed by atoms with Crippen LogP contribution in [0.4, 0.5) is 17.6 Å². The highest BCUT2D eigenvalue weighted by Gasteiger charge is 2.57. The standard InChI is InChI=1S/C20H19F4N3O2/c21-12-5-1-10(2-6-12)16-17-13(7-15(27-16)14(8-25)20(22,23)24)19(9-29-17,18(26)28)11-3-4-11/h1-2,5-7,11,14H,3-4,8-9,25H2,(H2,26,28). The second-order valence-electron chi connectivity index (χ2n) is 7.51. The van der Waals surface area contributed by atoms with Gasteiger partial charge < -0.3 is 16.2 Å². The molecule has 29 heavy (non-hydrogen) atoms. The largest absolute Gasteiger partial charge is 0.489 e. The van der Waals surface area contributed by atoms with E-state index >= 15 is 0 Å². The van der Waals surface area contributed by atoms with Crippen LogP contribution >= 0.6 is 0 Å². The van der Waals surface area contributed by atoms with Crippen molar-refractivity contribution < 1.29 is 27.1 Å². The summed E-state index contributed by atoms with van der Waals surface area (Å²) in [7, 11) is 0. The van der Waals surface area contributed by atoms with E-state index in [9.17, 15) is 22.4 Å². The molecule has 1 aliphatic carbocycles. The summed E-state index contributed by atoms with van der Waals surface area (Å²) in [5, 5.41) is 0. The Bertz CT molecular complexity index is 957. The Balaban J connectivity index is 1.97. The summed E-state index contributed by atoms with van der Waals surface area (Å²) >= 11 is 0. The van der Waals surface area contributed by atoms with Gasteiger partial charge in [0, 0.05) is 17.7 Å². The Morgan fingerprint density at radius 2 is 1.93 bits per heavy atom. The number of pyridine rings is 1. The molecule has 2 aromatic rings. The number of hydrogen-bond acceptors (Lipinski definition) is 4. The number of benzene rings is 1. The molecule has 1 aliphatic heterocycles. The van der Waals surface area contributed by atoms with E-state index in [1.54, 1.807) is 0 Å². The maximum absolute atomic E-state index is 13.6. The van der Waals surface area contributed by atoms with Gasteiger partial charge in [0.05, 0.1) is 5.69 Å². The fourth-order valence-corrected chi connectivity index (χ4v) is 4.02. The van der Waals surface area contributed by atoms with Crippen LogP contribution in [0.3, 0.4) is 0 Å². The second-order valence-corrected chi connectivity index (χ2v) is 7.51. The van der Waals surface area contributed by atoms with Gasteiger partial charge in [-0.15, -0.1) is 0 Å². The van der Waals surface area contributed by atoms with E-state index in [1.807, 2.05) is 0 Å². The molecule has 1 amide bonds. The van der Waals surface area contributed by atoms with Gasteiger partial charge in [0.15, 0.2) is 0 Å². The predicted molar refractivity (Wildman–Crippen MR) is 96.6 cm³/mol. The summed E-state index contributed by atoms with van der Waals surface area (Å²) in [6, 6.07) is 6.41. The molecule has 9 heteroatoms. The lowest BCUT2D eigenvalue weighted by atomic mass is 9.76. The summed E-state index contributed by atoms with van der Waals surface area (Å²) in [5.41, 5.74) is 10.4. The van der Waals surface area contributed by atoms with Crippen LogP contribution in [0.25, 0.3) is 11.3 Å². The van der Waals surface area contributed by atoms with Crippen LogP contribution in [0.1, 0.15) is 30.0 Å². The van der Waals surface area contributed by atoms with E-state index in [4.69, 9.17) is 16.2 Å². The van der Waals surface area contributed by atoms with Crippen LogP contribution in [0.5, 0.6) is 5.75 Å². The van der Waals surface area contributed by atoms with E-state index < -0.39 is 35.8 Å². The molecule has 4 rings (SSSR count). The number of primary amides is 1. The van der Waals surface area contributed by atoms with Crippen LogP contribution in [0.2, 0.25) is 0 Å². The summed E-state index contributed by atoms with van der Waals surface area (Å²) < 4.78 is 59.9. The van der Waals surface area contributed by atoms with Gasteiger partial charge >= 0.3 is 6.18 Å². The van der Waals surface area contributed by atoms with Crippen LogP contribution in [0, 0.1) is 11.7 Å². The number of nitrogens with two attached hydrogens (primary N) is 2. The van der Waals surface area contributed by atoms with Gasteiger partial charge in [-0.3, -0.25) is 4.79 Å². The molecule has 2 atom stereocenters. The summed E-state index contributed by atoms with van der Waals surface area (Å²) in [5.74, 6) is -3.04.